The molecule has 2 aliphatic carbocycles. The van der Waals surface area contributed by atoms with Gasteiger partial charge in [-0.15, -0.1) is 0 Å². The van der Waals surface area contributed by atoms with Gasteiger partial charge in [0, 0.05) is 23.8 Å². The number of aromatic nitrogens is 1. The first-order chi connectivity index (χ1) is 10.3. The Morgan fingerprint density at radius 1 is 1.10 bits per heavy atom. The summed E-state index contributed by atoms with van der Waals surface area (Å²) in [4.78, 5) is 3.17. The van der Waals surface area contributed by atoms with Crippen molar-refractivity contribution in [3.05, 3.63) is 46.3 Å². The predicted octanol–water partition coefficient (Wildman–Crippen LogP) is 3.23. The maximum Gasteiger partial charge on any atom is 0.0410 e. The molecule has 0 radical (unpaired) electrons. The smallest absolute Gasteiger partial charge is 0.0410 e. The Balaban J connectivity index is 0.000000138. The second kappa shape index (κ2) is 7.92. The molecule has 2 nitrogen and oxygen atoms in total. The lowest BCUT2D eigenvalue weighted by atomic mass is 9.96. The van der Waals surface area contributed by atoms with Gasteiger partial charge in [0.25, 0.3) is 0 Å². The molecule has 0 spiro atoms. The Morgan fingerprint density at radius 3 is 2.71 bits per heavy atom. The molecule has 0 saturated carbocycles. The topological polar surface area (TPSA) is 27.8 Å². The zero-order chi connectivity index (χ0) is 15.1. The lowest BCUT2D eigenvalue weighted by Gasteiger charge is -2.12. The second-order valence-electron chi connectivity index (χ2n) is 5.53. The van der Waals surface area contributed by atoms with Crippen LogP contribution in [-0.4, -0.2) is 11.5 Å². The monoisotopic (exact) mass is 284 g/mol. The molecule has 1 aliphatic heterocycles. The Kier molecular flexibility index (Phi) is 5.91. The van der Waals surface area contributed by atoms with Crippen LogP contribution in [0.5, 0.6) is 0 Å². The van der Waals surface area contributed by atoms with Gasteiger partial charge in [0.2, 0.25) is 0 Å². The van der Waals surface area contributed by atoms with E-state index in [4.69, 9.17) is 0 Å². The van der Waals surface area contributed by atoms with E-state index in [1.54, 1.807) is 0 Å². The van der Waals surface area contributed by atoms with Gasteiger partial charge < -0.3 is 10.3 Å². The molecule has 1 unspecified atom stereocenters. The van der Waals surface area contributed by atoms with Crippen molar-refractivity contribution >= 4 is 12.2 Å². The number of H-pyrrole nitrogens is 1. The van der Waals surface area contributed by atoms with E-state index in [1.807, 2.05) is 20.0 Å². The average Bonchev–Trinajstić information content (AvgIpc) is 3.18. The standard InChI is InChI=1S/C9H13N.C8H9N.C2H6/c1-7-2-3-8-4-5-10-9(8)6-7;1-2-4-8-7(3-1)5-6-9-8;1-2/h3,6-7,10H,2,4-5H2,1H3;3-6,9H,1-2H2;1-2H3. The molecule has 1 atom stereocenters. The number of aromatic amines is 1. The Bertz CT molecular complexity index is 586. The quantitative estimate of drug-likeness (QED) is 0.752. The summed E-state index contributed by atoms with van der Waals surface area (Å²) in [6.45, 7) is 7.41. The van der Waals surface area contributed by atoms with Crippen LogP contribution >= 0.6 is 0 Å². The SMILES string of the molecule is C1=c2cc[nH]c2=CCC1.CC.CC1C=C2NCCC2=CC1. The summed E-state index contributed by atoms with van der Waals surface area (Å²) in [5.41, 5.74) is 2.94. The minimum absolute atomic E-state index is 0.740. The summed E-state index contributed by atoms with van der Waals surface area (Å²) in [6.07, 6.45) is 16.1. The summed E-state index contributed by atoms with van der Waals surface area (Å²) in [7, 11) is 0. The number of nitrogens with one attached hydrogen (secondary N) is 2. The van der Waals surface area contributed by atoms with E-state index in [0.717, 1.165) is 12.5 Å². The van der Waals surface area contributed by atoms with Crippen molar-refractivity contribution in [1.29, 1.82) is 0 Å². The molecular weight excluding hydrogens is 256 g/mol. The number of allylic oxidation sites excluding steroid dienone is 3. The van der Waals surface area contributed by atoms with E-state index in [1.165, 1.54) is 47.5 Å². The first-order valence-corrected chi connectivity index (χ1v) is 8.32. The minimum atomic E-state index is 0.740. The zero-order valence-electron chi connectivity index (χ0n) is 13.6. The van der Waals surface area contributed by atoms with Crippen LogP contribution in [0.4, 0.5) is 0 Å². The normalized spacial score (nSPS) is 21.4. The van der Waals surface area contributed by atoms with E-state index in [0.29, 0.717) is 0 Å². The van der Waals surface area contributed by atoms with Crippen molar-refractivity contribution in [3.8, 4) is 0 Å². The average molecular weight is 284 g/mol. The van der Waals surface area contributed by atoms with E-state index in [-0.39, 0.29) is 0 Å². The van der Waals surface area contributed by atoms with Gasteiger partial charge >= 0.3 is 0 Å². The van der Waals surface area contributed by atoms with Crippen LogP contribution < -0.4 is 15.9 Å². The Hall–Kier alpha value is -1.70. The maximum absolute atomic E-state index is 3.38. The summed E-state index contributed by atoms with van der Waals surface area (Å²) in [6, 6.07) is 2.12. The molecule has 1 fully saturated rings. The largest absolute Gasteiger partial charge is 0.385 e. The Morgan fingerprint density at radius 2 is 1.90 bits per heavy atom. The van der Waals surface area contributed by atoms with E-state index < -0.39 is 0 Å². The number of hydrogen-bond acceptors (Lipinski definition) is 1. The number of rotatable bonds is 0. The molecule has 21 heavy (non-hydrogen) atoms. The highest BCUT2D eigenvalue weighted by atomic mass is 14.9. The van der Waals surface area contributed by atoms with Crippen LogP contribution in [0.3, 0.4) is 0 Å². The second-order valence-corrected chi connectivity index (χ2v) is 5.53. The molecule has 2 heterocycles. The first-order valence-electron chi connectivity index (χ1n) is 8.32. The third kappa shape index (κ3) is 4.13. The van der Waals surface area contributed by atoms with Gasteiger partial charge in [-0.1, -0.05) is 45.1 Å². The van der Waals surface area contributed by atoms with Crippen molar-refractivity contribution in [1.82, 2.24) is 10.3 Å². The minimum Gasteiger partial charge on any atom is -0.385 e. The summed E-state index contributed by atoms with van der Waals surface area (Å²) < 4.78 is 0. The van der Waals surface area contributed by atoms with Gasteiger partial charge in [-0.25, -0.2) is 0 Å². The van der Waals surface area contributed by atoms with Crippen LogP contribution in [-0.2, 0) is 0 Å². The van der Waals surface area contributed by atoms with E-state index in [9.17, 15) is 0 Å². The molecule has 0 bridgehead atoms. The van der Waals surface area contributed by atoms with Crippen LogP contribution in [0.1, 0.15) is 46.5 Å². The zero-order valence-corrected chi connectivity index (χ0v) is 13.6. The highest BCUT2D eigenvalue weighted by molar-refractivity contribution is 5.36. The predicted molar refractivity (Wildman–Crippen MR) is 92.1 cm³/mol. The van der Waals surface area contributed by atoms with Crippen LogP contribution in [0.2, 0.25) is 0 Å². The fraction of sp³-hybridized carbons (Fsp3) is 0.474. The van der Waals surface area contributed by atoms with Crippen molar-refractivity contribution < 1.29 is 0 Å². The molecule has 1 saturated heterocycles. The summed E-state index contributed by atoms with van der Waals surface area (Å²) in [5.74, 6) is 0.740. The first kappa shape index (κ1) is 15.7. The van der Waals surface area contributed by atoms with Crippen molar-refractivity contribution in [2.75, 3.05) is 6.54 Å². The van der Waals surface area contributed by atoms with Gasteiger partial charge in [0.1, 0.15) is 0 Å². The molecule has 1 aromatic heterocycles. The van der Waals surface area contributed by atoms with Gasteiger partial charge in [-0.05, 0) is 48.5 Å². The van der Waals surface area contributed by atoms with E-state index in [2.05, 4.69) is 47.6 Å². The van der Waals surface area contributed by atoms with E-state index >= 15 is 0 Å². The molecule has 2 heteroatoms. The number of hydrogen-bond donors (Lipinski definition) is 2. The molecule has 3 aliphatic rings. The van der Waals surface area contributed by atoms with Crippen molar-refractivity contribution in [2.24, 2.45) is 5.92 Å². The summed E-state index contributed by atoms with van der Waals surface area (Å²) >= 11 is 0. The van der Waals surface area contributed by atoms with Gasteiger partial charge in [0.05, 0.1) is 0 Å². The van der Waals surface area contributed by atoms with Gasteiger partial charge in [0.15, 0.2) is 0 Å². The Labute approximate surface area is 128 Å². The van der Waals surface area contributed by atoms with Crippen LogP contribution in [0.25, 0.3) is 12.2 Å². The molecule has 0 amide bonds. The maximum atomic E-state index is 3.38. The fourth-order valence-electron chi connectivity index (χ4n) is 2.85. The molecule has 0 aromatic carbocycles. The van der Waals surface area contributed by atoms with Crippen LogP contribution in [0.15, 0.2) is 35.7 Å². The van der Waals surface area contributed by atoms with Crippen molar-refractivity contribution in [2.45, 2.75) is 46.5 Å². The third-order valence-electron chi connectivity index (χ3n) is 3.94. The molecule has 114 valence electrons. The van der Waals surface area contributed by atoms with Crippen molar-refractivity contribution in [3.63, 3.8) is 0 Å². The van der Waals surface area contributed by atoms with Crippen LogP contribution in [0, 0.1) is 5.92 Å². The fourth-order valence-corrected chi connectivity index (χ4v) is 2.85. The lowest BCUT2D eigenvalue weighted by molar-refractivity contribution is 0.717. The molecule has 4 rings (SSSR count). The molecular formula is C19H28N2. The van der Waals surface area contributed by atoms with Gasteiger partial charge in [-0.3, -0.25) is 0 Å². The highest BCUT2D eigenvalue weighted by Crippen LogP contribution is 2.26. The third-order valence-corrected chi connectivity index (χ3v) is 3.94. The number of fused-ring (bicyclic) bond motifs is 2. The lowest BCUT2D eigenvalue weighted by Crippen LogP contribution is -2.23. The van der Waals surface area contributed by atoms with Gasteiger partial charge in [-0.2, -0.15) is 0 Å². The molecule has 2 N–H and O–H groups in total. The summed E-state index contributed by atoms with van der Waals surface area (Å²) in [5, 5.41) is 6.04. The highest BCUT2D eigenvalue weighted by Gasteiger charge is 2.16. The molecule has 1 aromatic rings.